The average molecular weight is 199 g/mol. The van der Waals surface area contributed by atoms with Crippen molar-refractivity contribution in [3.63, 3.8) is 0 Å². The van der Waals surface area contributed by atoms with Gasteiger partial charge in [-0.2, -0.15) is 0 Å². The number of nitrogens with zero attached hydrogens (tertiary/aromatic N) is 1. The summed E-state index contributed by atoms with van der Waals surface area (Å²) in [5.41, 5.74) is 0.397. The maximum atomic E-state index is 10.8. The number of thioether (sulfide) groups is 1. The van der Waals surface area contributed by atoms with E-state index in [0.717, 1.165) is 32.3 Å². The van der Waals surface area contributed by atoms with Crippen LogP contribution in [0.2, 0.25) is 0 Å². The van der Waals surface area contributed by atoms with Gasteiger partial charge in [-0.3, -0.25) is 9.59 Å². The predicted octanol–water partition coefficient (Wildman–Crippen LogP) is 0.887. The van der Waals surface area contributed by atoms with Crippen molar-refractivity contribution in [3.8, 4) is 0 Å². The third-order valence-corrected chi connectivity index (χ3v) is 3.88. The standard InChI is InChI=1S/C9H13NO2S/c1-7(12)13-8-2-9(3-8)4-10(5-9)6-11/h6,8H,2-5H2,1H3. The Morgan fingerprint density at radius 3 is 2.62 bits per heavy atom. The van der Waals surface area contributed by atoms with Gasteiger partial charge in [0.1, 0.15) is 0 Å². The van der Waals surface area contributed by atoms with Gasteiger partial charge in [0, 0.05) is 30.7 Å². The molecule has 1 saturated carbocycles. The number of likely N-dealkylation sites (tertiary alicyclic amines) is 1. The molecule has 3 nitrogen and oxygen atoms in total. The van der Waals surface area contributed by atoms with Gasteiger partial charge in [-0.1, -0.05) is 11.8 Å². The van der Waals surface area contributed by atoms with Crippen LogP contribution >= 0.6 is 11.8 Å². The van der Waals surface area contributed by atoms with Crippen LogP contribution in [0.25, 0.3) is 0 Å². The van der Waals surface area contributed by atoms with Crippen molar-refractivity contribution in [1.29, 1.82) is 0 Å². The van der Waals surface area contributed by atoms with Crippen LogP contribution in [0.3, 0.4) is 0 Å². The van der Waals surface area contributed by atoms with E-state index in [2.05, 4.69) is 0 Å². The molecule has 1 spiro atoms. The van der Waals surface area contributed by atoms with E-state index in [-0.39, 0.29) is 5.12 Å². The van der Waals surface area contributed by atoms with Crippen LogP contribution in [0, 0.1) is 5.41 Å². The number of hydrogen-bond acceptors (Lipinski definition) is 3. The molecule has 13 heavy (non-hydrogen) atoms. The summed E-state index contributed by atoms with van der Waals surface area (Å²) < 4.78 is 0. The molecule has 0 bridgehead atoms. The number of hydrogen-bond donors (Lipinski definition) is 0. The molecule has 1 aliphatic heterocycles. The topological polar surface area (TPSA) is 37.4 Å². The first-order valence-corrected chi connectivity index (χ1v) is 5.38. The van der Waals surface area contributed by atoms with Gasteiger partial charge in [-0.15, -0.1) is 0 Å². The van der Waals surface area contributed by atoms with Crippen molar-refractivity contribution in [3.05, 3.63) is 0 Å². The molecule has 0 aromatic rings. The van der Waals surface area contributed by atoms with Crippen molar-refractivity contribution in [2.45, 2.75) is 25.0 Å². The van der Waals surface area contributed by atoms with Gasteiger partial charge >= 0.3 is 0 Å². The minimum absolute atomic E-state index is 0.214. The molecule has 1 amide bonds. The SMILES string of the molecule is CC(=O)SC1CC2(C1)CN(C=O)C2. The molecule has 1 heterocycles. The molecule has 0 aromatic heterocycles. The zero-order valence-electron chi connectivity index (χ0n) is 7.66. The van der Waals surface area contributed by atoms with E-state index in [1.807, 2.05) is 0 Å². The Kier molecular flexibility index (Phi) is 2.10. The molecule has 1 aliphatic carbocycles. The molecular formula is C9H13NO2S. The highest BCUT2D eigenvalue weighted by atomic mass is 32.2. The molecule has 0 aromatic carbocycles. The van der Waals surface area contributed by atoms with Crippen molar-refractivity contribution in [1.82, 2.24) is 4.90 Å². The van der Waals surface area contributed by atoms with Crippen LogP contribution in [-0.4, -0.2) is 34.8 Å². The van der Waals surface area contributed by atoms with Crippen molar-refractivity contribution >= 4 is 23.3 Å². The van der Waals surface area contributed by atoms with Gasteiger partial charge in [0.25, 0.3) is 0 Å². The Bertz CT molecular complexity index is 240. The molecule has 2 fully saturated rings. The van der Waals surface area contributed by atoms with Crippen LogP contribution < -0.4 is 0 Å². The monoisotopic (exact) mass is 199 g/mol. The van der Waals surface area contributed by atoms with E-state index < -0.39 is 0 Å². The van der Waals surface area contributed by atoms with E-state index >= 15 is 0 Å². The molecule has 0 N–H and O–H groups in total. The second-order valence-electron chi connectivity index (χ2n) is 4.15. The molecule has 0 unspecified atom stereocenters. The van der Waals surface area contributed by atoms with E-state index in [1.54, 1.807) is 11.8 Å². The quantitative estimate of drug-likeness (QED) is 0.620. The fourth-order valence-electron chi connectivity index (χ4n) is 2.37. The number of amides is 1. The van der Waals surface area contributed by atoms with Gasteiger partial charge in [0.05, 0.1) is 0 Å². The first kappa shape index (κ1) is 9.06. The first-order chi connectivity index (χ1) is 6.13. The average Bonchev–Trinajstić information content (AvgIpc) is 1.90. The van der Waals surface area contributed by atoms with E-state index in [9.17, 15) is 9.59 Å². The van der Waals surface area contributed by atoms with Gasteiger partial charge in [0.15, 0.2) is 5.12 Å². The number of carbonyl (C=O) groups excluding carboxylic acids is 2. The largest absolute Gasteiger partial charge is 0.344 e. The summed E-state index contributed by atoms with van der Waals surface area (Å²) in [4.78, 5) is 22.9. The highest BCUT2D eigenvalue weighted by molar-refractivity contribution is 8.14. The number of rotatable bonds is 2. The summed E-state index contributed by atoms with van der Waals surface area (Å²) in [6, 6.07) is 0. The van der Waals surface area contributed by atoms with Crippen LogP contribution in [0.1, 0.15) is 19.8 Å². The van der Waals surface area contributed by atoms with Gasteiger partial charge in [0.2, 0.25) is 6.41 Å². The first-order valence-electron chi connectivity index (χ1n) is 4.50. The Balaban J connectivity index is 1.73. The van der Waals surface area contributed by atoms with Gasteiger partial charge < -0.3 is 4.90 Å². The van der Waals surface area contributed by atoms with Crippen LogP contribution in [0.15, 0.2) is 0 Å². The third-order valence-electron chi connectivity index (χ3n) is 2.88. The second-order valence-corrected chi connectivity index (χ2v) is 5.63. The fourth-order valence-corrected chi connectivity index (χ4v) is 3.72. The second kappa shape index (κ2) is 3.01. The molecule has 2 rings (SSSR count). The smallest absolute Gasteiger partial charge is 0.209 e. The van der Waals surface area contributed by atoms with Crippen molar-refractivity contribution in [2.24, 2.45) is 5.41 Å². The van der Waals surface area contributed by atoms with Crippen LogP contribution in [0.4, 0.5) is 0 Å². The molecular weight excluding hydrogens is 186 g/mol. The third kappa shape index (κ3) is 1.59. The predicted molar refractivity (Wildman–Crippen MR) is 51.4 cm³/mol. The summed E-state index contributed by atoms with van der Waals surface area (Å²) in [5, 5.41) is 0.734. The number of carbonyl (C=O) groups is 2. The Morgan fingerprint density at radius 1 is 1.54 bits per heavy atom. The van der Waals surface area contributed by atoms with Crippen molar-refractivity contribution < 1.29 is 9.59 Å². The Labute approximate surface area is 81.9 Å². The normalized spacial score (nSPS) is 25.2. The molecule has 0 atom stereocenters. The van der Waals surface area contributed by atoms with Crippen LogP contribution in [-0.2, 0) is 9.59 Å². The molecule has 0 radical (unpaired) electrons. The molecule has 1 saturated heterocycles. The maximum absolute atomic E-state index is 10.8. The Morgan fingerprint density at radius 2 is 2.15 bits per heavy atom. The lowest BCUT2D eigenvalue weighted by molar-refractivity contribution is -0.135. The van der Waals surface area contributed by atoms with E-state index in [4.69, 9.17) is 0 Å². The lowest BCUT2D eigenvalue weighted by atomic mass is 9.63. The summed E-state index contributed by atoms with van der Waals surface area (Å²) in [5.74, 6) is 0. The summed E-state index contributed by atoms with van der Waals surface area (Å²) in [6.45, 7) is 3.44. The zero-order chi connectivity index (χ0) is 9.47. The highest BCUT2D eigenvalue weighted by Gasteiger charge is 2.52. The van der Waals surface area contributed by atoms with Crippen LogP contribution in [0.5, 0.6) is 0 Å². The Hall–Kier alpha value is -0.510. The molecule has 72 valence electrons. The van der Waals surface area contributed by atoms with E-state index in [0.29, 0.717) is 10.7 Å². The van der Waals surface area contributed by atoms with Gasteiger partial charge in [-0.25, -0.2) is 0 Å². The maximum Gasteiger partial charge on any atom is 0.209 e. The summed E-state index contributed by atoms with van der Waals surface area (Å²) >= 11 is 1.46. The minimum Gasteiger partial charge on any atom is -0.344 e. The lowest BCUT2D eigenvalue weighted by Crippen LogP contribution is -2.62. The summed E-state index contributed by atoms with van der Waals surface area (Å²) in [6.07, 6.45) is 3.14. The van der Waals surface area contributed by atoms with Gasteiger partial charge in [-0.05, 0) is 12.8 Å². The highest BCUT2D eigenvalue weighted by Crippen LogP contribution is 2.52. The summed E-state index contributed by atoms with van der Waals surface area (Å²) in [7, 11) is 0. The molecule has 4 heteroatoms. The van der Waals surface area contributed by atoms with Crippen molar-refractivity contribution in [2.75, 3.05) is 13.1 Å². The fraction of sp³-hybridized carbons (Fsp3) is 0.778. The lowest BCUT2D eigenvalue weighted by Gasteiger charge is -2.57. The zero-order valence-corrected chi connectivity index (χ0v) is 8.47. The van der Waals surface area contributed by atoms with E-state index in [1.165, 1.54) is 11.8 Å². The minimum atomic E-state index is 0.214. The molecule has 2 aliphatic rings.